The Kier molecular flexibility index (Phi) is 3.31. The molecule has 1 aliphatic heterocycles. The Morgan fingerprint density at radius 1 is 1.36 bits per heavy atom. The molecule has 0 aromatic heterocycles. The molecule has 1 rings (SSSR count). The summed E-state index contributed by atoms with van der Waals surface area (Å²) in [5.41, 5.74) is 0. The molecular weight excluding hydrogens is 141 g/mol. The van der Waals surface area contributed by atoms with Gasteiger partial charge in [-0.05, 0) is 25.3 Å². The van der Waals surface area contributed by atoms with Crippen LogP contribution in [0, 0.1) is 5.92 Å². The molecule has 66 valence electrons. The highest BCUT2D eigenvalue weighted by molar-refractivity contribution is 4.81. The lowest BCUT2D eigenvalue weighted by molar-refractivity contribution is 0.168. The van der Waals surface area contributed by atoms with Gasteiger partial charge in [-0.3, -0.25) is 0 Å². The molecule has 0 aliphatic carbocycles. The molecule has 2 atom stereocenters. The second-order valence-corrected chi connectivity index (χ2v) is 3.74. The number of piperidine rings is 1. The molecule has 0 aromatic rings. The minimum absolute atomic E-state index is 0.128. The van der Waals surface area contributed by atoms with Crippen molar-refractivity contribution in [1.82, 2.24) is 5.32 Å². The quantitative estimate of drug-likeness (QED) is 0.650. The van der Waals surface area contributed by atoms with E-state index in [-0.39, 0.29) is 12.0 Å². The fourth-order valence-corrected chi connectivity index (χ4v) is 1.62. The zero-order valence-corrected chi connectivity index (χ0v) is 7.44. The van der Waals surface area contributed by atoms with E-state index in [2.05, 4.69) is 5.32 Å². The van der Waals surface area contributed by atoms with Gasteiger partial charge in [0.25, 0.3) is 0 Å². The maximum absolute atomic E-state index is 13.3. The van der Waals surface area contributed by atoms with Crippen molar-refractivity contribution < 1.29 is 4.39 Å². The number of alkyl halides is 1. The van der Waals surface area contributed by atoms with Crippen LogP contribution in [0.3, 0.4) is 0 Å². The molecule has 0 amide bonds. The predicted molar refractivity (Wildman–Crippen MR) is 45.4 cm³/mol. The SMILES string of the molecule is CC(C)[C@@H](F)[C@@H]1CCCCN1. The van der Waals surface area contributed by atoms with Gasteiger partial charge < -0.3 is 5.32 Å². The van der Waals surface area contributed by atoms with Crippen LogP contribution in [0.15, 0.2) is 0 Å². The highest BCUT2D eigenvalue weighted by Crippen LogP contribution is 2.18. The van der Waals surface area contributed by atoms with Crippen LogP contribution in [-0.4, -0.2) is 18.8 Å². The highest BCUT2D eigenvalue weighted by Gasteiger charge is 2.24. The van der Waals surface area contributed by atoms with Crippen molar-refractivity contribution in [1.29, 1.82) is 0 Å². The van der Waals surface area contributed by atoms with Crippen molar-refractivity contribution in [3.63, 3.8) is 0 Å². The van der Waals surface area contributed by atoms with E-state index in [0.29, 0.717) is 0 Å². The Hall–Kier alpha value is -0.110. The van der Waals surface area contributed by atoms with Crippen LogP contribution in [0.2, 0.25) is 0 Å². The van der Waals surface area contributed by atoms with Crippen molar-refractivity contribution >= 4 is 0 Å². The molecule has 1 nitrogen and oxygen atoms in total. The van der Waals surface area contributed by atoms with Gasteiger partial charge in [0.05, 0.1) is 0 Å². The van der Waals surface area contributed by atoms with Crippen LogP contribution in [-0.2, 0) is 0 Å². The summed E-state index contributed by atoms with van der Waals surface area (Å²) >= 11 is 0. The minimum Gasteiger partial charge on any atom is -0.311 e. The molecule has 1 N–H and O–H groups in total. The molecule has 0 saturated carbocycles. The van der Waals surface area contributed by atoms with E-state index in [0.717, 1.165) is 13.0 Å². The molecule has 1 fully saturated rings. The smallest absolute Gasteiger partial charge is 0.118 e. The Balaban J connectivity index is 2.32. The molecule has 0 bridgehead atoms. The summed E-state index contributed by atoms with van der Waals surface area (Å²) in [6.07, 6.45) is 2.75. The van der Waals surface area contributed by atoms with Crippen molar-refractivity contribution in [2.24, 2.45) is 5.92 Å². The first kappa shape index (κ1) is 8.98. The Morgan fingerprint density at radius 2 is 2.09 bits per heavy atom. The van der Waals surface area contributed by atoms with Crippen LogP contribution < -0.4 is 5.32 Å². The standard InChI is InChI=1S/C9H18FN/c1-7(2)9(10)8-5-3-4-6-11-8/h7-9,11H,3-6H2,1-2H3/t8-,9+/m0/s1. The topological polar surface area (TPSA) is 12.0 Å². The summed E-state index contributed by atoms with van der Waals surface area (Å²) in [4.78, 5) is 0. The lowest BCUT2D eigenvalue weighted by Crippen LogP contribution is -2.43. The second kappa shape index (κ2) is 4.05. The van der Waals surface area contributed by atoms with Gasteiger partial charge >= 0.3 is 0 Å². The van der Waals surface area contributed by atoms with Gasteiger partial charge in [-0.2, -0.15) is 0 Å². The molecule has 11 heavy (non-hydrogen) atoms. The van der Waals surface area contributed by atoms with Gasteiger partial charge in [0, 0.05) is 6.04 Å². The Morgan fingerprint density at radius 3 is 2.55 bits per heavy atom. The van der Waals surface area contributed by atoms with Crippen molar-refractivity contribution in [2.45, 2.75) is 45.3 Å². The van der Waals surface area contributed by atoms with Crippen LogP contribution in [0.5, 0.6) is 0 Å². The molecule has 0 radical (unpaired) electrons. The molecule has 1 heterocycles. The first-order valence-corrected chi connectivity index (χ1v) is 4.59. The molecule has 0 spiro atoms. The average Bonchev–Trinajstić information content (AvgIpc) is 2.05. The molecule has 2 heteroatoms. The van der Waals surface area contributed by atoms with Crippen molar-refractivity contribution in [2.75, 3.05) is 6.54 Å². The maximum atomic E-state index is 13.3. The molecular formula is C9H18FN. The van der Waals surface area contributed by atoms with Crippen LogP contribution in [0.1, 0.15) is 33.1 Å². The summed E-state index contributed by atoms with van der Waals surface area (Å²) in [5, 5.41) is 3.23. The number of hydrogen-bond acceptors (Lipinski definition) is 1. The number of rotatable bonds is 2. The highest BCUT2D eigenvalue weighted by atomic mass is 19.1. The largest absolute Gasteiger partial charge is 0.311 e. The number of nitrogens with one attached hydrogen (secondary N) is 1. The van der Waals surface area contributed by atoms with Gasteiger partial charge in [-0.25, -0.2) is 4.39 Å². The van der Waals surface area contributed by atoms with Gasteiger partial charge in [0.2, 0.25) is 0 Å². The van der Waals surface area contributed by atoms with Crippen LogP contribution >= 0.6 is 0 Å². The average molecular weight is 159 g/mol. The normalized spacial score (nSPS) is 28.9. The van der Waals surface area contributed by atoms with Gasteiger partial charge in [-0.15, -0.1) is 0 Å². The summed E-state index contributed by atoms with van der Waals surface area (Å²) < 4.78 is 13.3. The lowest BCUT2D eigenvalue weighted by Gasteiger charge is -2.28. The number of hydrogen-bond donors (Lipinski definition) is 1. The summed E-state index contributed by atoms with van der Waals surface area (Å²) in [7, 11) is 0. The molecule has 0 aromatic carbocycles. The molecule has 1 saturated heterocycles. The molecule has 1 aliphatic rings. The van der Waals surface area contributed by atoms with Gasteiger partial charge in [-0.1, -0.05) is 20.3 Å². The van der Waals surface area contributed by atoms with Gasteiger partial charge in [0.15, 0.2) is 0 Å². The number of halogens is 1. The van der Waals surface area contributed by atoms with E-state index in [1.807, 2.05) is 13.8 Å². The lowest BCUT2D eigenvalue weighted by atomic mass is 9.94. The molecule has 0 unspecified atom stereocenters. The van der Waals surface area contributed by atoms with E-state index in [9.17, 15) is 4.39 Å². The van der Waals surface area contributed by atoms with Crippen LogP contribution in [0.25, 0.3) is 0 Å². The maximum Gasteiger partial charge on any atom is 0.118 e. The summed E-state index contributed by atoms with van der Waals surface area (Å²) in [6, 6.07) is 0.128. The van der Waals surface area contributed by atoms with E-state index in [4.69, 9.17) is 0 Å². The van der Waals surface area contributed by atoms with Crippen molar-refractivity contribution in [3.8, 4) is 0 Å². The minimum atomic E-state index is -0.657. The Labute approximate surface area is 68.4 Å². The van der Waals surface area contributed by atoms with E-state index >= 15 is 0 Å². The zero-order valence-electron chi connectivity index (χ0n) is 7.44. The first-order chi connectivity index (χ1) is 5.22. The van der Waals surface area contributed by atoms with E-state index in [1.165, 1.54) is 12.8 Å². The third kappa shape index (κ3) is 2.44. The summed E-state index contributed by atoms with van der Waals surface area (Å²) in [6.45, 7) is 4.89. The Bertz CT molecular complexity index is 108. The monoisotopic (exact) mass is 159 g/mol. The second-order valence-electron chi connectivity index (χ2n) is 3.74. The van der Waals surface area contributed by atoms with Crippen LogP contribution in [0.4, 0.5) is 4.39 Å². The summed E-state index contributed by atoms with van der Waals surface area (Å²) in [5.74, 6) is 0.158. The van der Waals surface area contributed by atoms with E-state index < -0.39 is 6.17 Å². The third-order valence-corrected chi connectivity index (χ3v) is 2.37. The fourth-order valence-electron chi connectivity index (χ4n) is 1.62. The van der Waals surface area contributed by atoms with Gasteiger partial charge in [0.1, 0.15) is 6.17 Å². The third-order valence-electron chi connectivity index (χ3n) is 2.37. The first-order valence-electron chi connectivity index (χ1n) is 4.59. The predicted octanol–water partition coefficient (Wildman–Crippen LogP) is 2.12. The fraction of sp³-hybridized carbons (Fsp3) is 1.00. The van der Waals surface area contributed by atoms with E-state index in [1.54, 1.807) is 0 Å². The zero-order chi connectivity index (χ0) is 8.27. The van der Waals surface area contributed by atoms with Crippen molar-refractivity contribution in [3.05, 3.63) is 0 Å².